The van der Waals surface area contributed by atoms with E-state index in [2.05, 4.69) is 17.1 Å². The largest absolute Gasteiger partial charge is 0.349 e. The molecule has 1 aliphatic heterocycles. The Bertz CT molecular complexity index is 184. The van der Waals surface area contributed by atoms with E-state index in [0.29, 0.717) is 18.7 Å². The standard InChI is InChI=1S/C8H14N2O2.C2H6.H2/c1-7(5-10-2-3-10)4-9-8(12)6-11;1-2;/h6-7H,2-5H2,1H3,(H,9,12);1-2H3;1H. The summed E-state index contributed by atoms with van der Waals surface area (Å²) in [6, 6.07) is 0. The summed E-state index contributed by atoms with van der Waals surface area (Å²) in [5, 5.41) is 2.53. The van der Waals surface area contributed by atoms with Crippen LogP contribution in [0.1, 0.15) is 22.2 Å². The Hall–Kier alpha value is -0.900. The molecular formula is C10H22N2O2. The van der Waals surface area contributed by atoms with Gasteiger partial charge in [-0.3, -0.25) is 9.59 Å². The predicted octanol–water partition coefficient (Wildman–Crippen LogP) is 0.525. The molecule has 0 radical (unpaired) electrons. The number of carbonyl (C=O) groups excluding carboxylic acids is 2. The zero-order valence-electron chi connectivity index (χ0n) is 9.25. The van der Waals surface area contributed by atoms with Gasteiger partial charge in [0.25, 0.3) is 5.91 Å². The molecule has 1 aliphatic rings. The van der Waals surface area contributed by atoms with Crippen molar-refractivity contribution in [2.45, 2.75) is 20.8 Å². The van der Waals surface area contributed by atoms with Gasteiger partial charge >= 0.3 is 0 Å². The van der Waals surface area contributed by atoms with Crippen LogP contribution in [0.3, 0.4) is 0 Å². The number of carbonyl (C=O) groups is 2. The van der Waals surface area contributed by atoms with E-state index in [1.807, 2.05) is 13.8 Å². The maximum atomic E-state index is 10.5. The van der Waals surface area contributed by atoms with Gasteiger partial charge in [0, 0.05) is 27.6 Å². The number of aldehydes is 1. The fourth-order valence-corrected chi connectivity index (χ4v) is 1.08. The van der Waals surface area contributed by atoms with Crippen LogP contribution in [0.25, 0.3) is 0 Å². The van der Waals surface area contributed by atoms with Crippen LogP contribution in [0.5, 0.6) is 0 Å². The van der Waals surface area contributed by atoms with Gasteiger partial charge in [-0.15, -0.1) is 0 Å². The van der Waals surface area contributed by atoms with Gasteiger partial charge < -0.3 is 10.2 Å². The highest BCUT2D eigenvalue weighted by Gasteiger charge is 2.19. The lowest BCUT2D eigenvalue weighted by Gasteiger charge is -2.10. The van der Waals surface area contributed by atoms with Crippen molar-refractivity contribution in [1.82, 2.24) is 10.2 Å². The highest BCUT2D eigenvalue weighted by atomic mass is 16.2. The molecule has 0 aromatic carbocycles. The van der Waals surface area contributed by atoms with Crippen LogP contribution in [0.4, 0.5) is 0 Å². The van der Waals surface area contributed by atoms with Crippen molar-refractivity contribution in [2.75, 3.05) is 26.2 Å². The summed E-state index contributed by atoms with van der Waals surface area (Å²) in [7, 11) is 0. The topological polar surface area (TPSA) is 49.2 Å². The Kier molecular flexibility index (Phi) is 7.02. The lowest BCUT2D eigenvalue weighted by molar-refractivity contribution is -0.131. The summed E-state index contributed by atoms with van der Waals surface area (Å²) in [6.45, 7) is 10.0. The molecule has 1 unspecified atom stereocenters. The quantitative estimate of drug-likeness (QED) is 0.402. The second kappa shape index (κ2) is 7.50. The van der Waals surface area contributed by atoms with Gasteiger partial charge in [0.1, 0.15) is 0 Å². The third-order valence-electron chi connectivity index (χ3n) is 1.84. The van der Waals surface area contributed by atoms with Gasteiger partial charge in [-0.2, -0.15) is 0 Å². The minimum atomic E-state index is -0.521. The molecule has 0 aliphatic carbocycles. The molecule has 84 valence electrons. The van der Waals surface area contributed by atoms with E-state index >= 15 is 0 Å². The van der Waals surface area contributed by atoms with Crippen molar-refractivity contribution >= 4 is 12.2 Å². The van der Waals surface area contributed by atoms with E-state index < -0.39 is 5.91 Å². The molecule has 0 aromatic heterocycles. The fourth-order valence-electron chi connectivity index (χ4n) is 1.08. The normalized spacial score (nSPS) is 16.2. The minimum absolute atomic E-state index is 0. The third kappa shape index (κ3) is 6.60. The van der Waals surface area contributed by atoms with Crippen LogP contribution >= 0.6 is 0 Å². The molecule has 1 heterocycles. The number of amides is 1. The van der Waals surface area contributed by atoms with Gasteiger partial charge in [0.2, 0.25) is 6.29 Å². The van der Waals surface area contributed by atoms with E-state index in [-0.39, 0.29) is 1.43 Å². The molecule has 1 N–H and O–H groups in total. The molecule has 0 spiro atoms. The third-order valence-corrected chi connectivity index (χ3v) is 1.84. The molecular weight excluding hydrogens is 180 g/mol. The summed E-state index contributed by atoms with van der Waals surface area (Å²) in [6.07, 6.45) is 0.310. The number of hydrogen-bond donors (Lipinski definition) is 1. The molecule has 1 amide bonds. The molecule has 4 nitrogen and oxygen atoms in total. The Morgan fingerprint density at radius 1 is 1.57 bits per heavy atom. The van der Waals surface area contributed by atoms with E-state index in [0.717, 1.165) is 6.54 Å². The van der Waals surface area contributed by atoms with Crippen LogP contribution in [-0.2, 0) is 9.59 Å². The first-order chi connectivity index (χ1) is 6.72. The van der Waals surface area contributed by atoms with Gasteiger partial charge in [-0.05, 0) is 5.92 Å². The molecule has 14 heavy (non-hydrogen) atoms. The smallest absolute Gasteiger partial charge is 0.284 e. The van der Waals surface area contributed by atoms with Crippen LogP contribution in [0.15, 0.2) is 0 Å². The van der Waals surface area contributed by atoms with E-state index in [1.165, 1.54) is 13.1 Å². The maximum absolute atomic E-state index is 10.5. The predicted molar refractivity (Wildman–Crippen MR) is 58.1 cm³/mol. The molecule has 1 rings (SSSR count). The zero-order valence-corrected chi connectivity index (χ0v) is 9.25. The first kappa shape index (κ1) is 13.1. The fraction of sp³-hybridized carbons (Fsp3) is 0.800. The maximum Gasteiger partial charge on any atom is 0.284 e. The first-order valence-electron chi connectivity index (χ1n) is 5.17. The van der Waals surface area contributed by atoms with Crippen molar-refractivity contribution in [3.8, 4) is 0 Å². The van der Waals surface area contributed by atoms with Crippen molar-refractivity contribution in [1.29, 1.82) is 0 Å². The summed E-state index contributed by atoms with van der Waals surface area (Å²) in [5.41, 5.74) is 0. The SMILES string of the molecule is CC.CC(CNC(=O)C=O)CN1CC1.[HH]. The number of hydrogen-bond acceptors (Lipinski definition) is 3. The van der Waals surface area contributed by atoms with Crippen LogP contribution in [-0.4, -0.2) is 43.3 Å². The second-order valence-electron chi connectivity index (χ2n) is 3.27. The molecule has 0 aromatic rings. The van der Waals surface area contributed by atoms with Crippen LogP contribution in [0, 0.1) is 5.92 Å². The average Bonchev–Trinajstić information content (AvgIpc) is 3.01. The molecule has 1 saturated heterocycles. The van der Waals surface area contributed by atoms with E-state index in [1.54, 1.807) is 0 Å². The van der Waals surface area contributed by atoms with Gasteiger partial charge in [-0.25, -0.2) is 0 Å². The molecule has 1 fully saturated rings. The Balaban J connectivity index is 0. The Morgan fingerprint density at radius 3 is 2.57 bits per heavy atom. The highest BCUT2D eigenvalue weighted by Crippen LogP contribution is 2.07. The minimum Gasteiger partial charge on any atom is -0.349 e. The summed E-state index contributed by atoms with van der Waals surface area (Å²) in [5.74, 6) is -0.0935. The van der Waals surface area contributed by atoms with Gasteiger partial charge in [0.15, 0.2) is 0 Å². The van der Waals surface area contributed by atoms with Gasteiger partial charge in [0.05, 0.1) is 0 Å². The summed E-state index contributed by atoms with van der Waals surface area (Å²) >= 11 is 0. The number of rotatable bonds is 5. The van der Waals surface area contributed by atoms with Crippen molar-refractivity contribution < 1.29 is 11.0 Å². The summed E-state index contributed by atoms with van der Waals surface area (Å²) < 4.78 is 0. The molecule has 4 heteroatoms. The van der Waals surface area contributed by atoms with E-state index in [4.69, 9.17) is 0 Å². The molecule has 1 atom stereocenters. The van der Waals surface area contributed by atoms with Crippen molar-refractivity contribution in [2.24, 2.45) is 5.92 Å². The second-order valence-corrected chi connectivity index (χ2v) is 3.27. The molecule has 0 saturated carbocycles. The number of nitrogens with one attached hydrogen (secondary N) is 1. The van der Waals surface area contributed by atoms with Crippen LogP contribution < -0.4 is 5.32 Å². The lowest BCUT2D eigenvalue weighted by Crippen LogP contribution is -2.31. The van der Waals surface area contributed by atoms with Crippen molar-refractivity contribution in [3.63, 3.8) is 0 Å². The van der Waals surface area contributed by atoms with Gasteiger partial charge in [-0.1, -0.05) is 20.8 Å². The average molecular weight is 202 g/mol. The van der Waals surface area contributed by atoms with Crippen molar-refractivity contribution in [3.05, 3.63) is 0 Å². The number of nitrogens with zero attached hydrogens (tertiary/aromatic N) is 1. The summed E-state index contributed by atoms with van der Waals surface area (Å²) in [4.78, 5) is 22.7. The first-order valence-corrected chi connectivity index (χ1v) is 5.17. The lowest BCUT2D eigenvalue weighted by atomic mass is 10.2. The van der Waals surface area contributed by atoms with E-state index in [9.17, 15) is 9.59 Å². The molecule has 0 bridgehead atoms. The Morgan fingerprint density at radius 2 is 2.14 bits per heavy atom. The van der Waals surface area contributed by atoms with Crippen LogP contribution in [0.2, 0.25) is 0 Å². The Labute approximate surface area is 87.1 Å². The monoisotopic (exact) mass is 202 g/mol. The zero-order chi connectivity index (χ0) is 11.0. The highest BCUT2D eigenvalue weighted by molar-refractivity contribution is 6.23.